The van der Waals surface area contributed by atoms with Crippen molar-refractivity contribution in [3.63, 3.8) is 0 Å². The van der Waals surface area contributed by atoms with Crippen molar-refractivity contribution in [1.29, 1.82) is 0 Å². The molecule has 0 fully saturated rings. The van der Waals surface area contributed by atoms with Gasteiger partial charge in [0.15, 0.2) is 0 Å². The Morgan fingerprint density at radius 2 is 2.05 bits per heavy atom. The van der Waals surface area contributed by atoms with E-state index in [1.807, 2.05) is 0 Å². The van der Waals surface area contributed by atoms with Gasteiger partial charge >= 0.3 is 5.97 Å². The number of carboxylic acids is 1. The fourth-order valence-electron chi connectivity index (χ4n) is 2.39. The Morgan fingerprint density at radius 3 is 2.58 bits per heavy atom. The third kappa shape index (κ3) is 2.20. The summed E-state index contributed by atoms with van der Waals surface area (Å²) in [6.45, 7) is 1.84. The highest BCUT2D eigenvalue weighted by atomic mass is 32.2. The van der Waals surface area contributed by atoms with Crippen LogP contribution in [0.2, 0.25) is 0 Å². The van der Waals surface area contributed by atoms with Crippen molar-refractivity contribution >= 4 is 21.5 Å². The lowest BCUT2D eigenvalue weighted by molar-refractivity contribution is -0.135. The number of sulfone groups is 1. The number of rotatable bonds is 6. The lowest BCUT2D eigenvalue weighted by Crippen LogP contribution is -2.30. The predicted octanol–water partition coefficient (Wildman–Crippen LogP) is 1.70. The Kier molecular flexibility index (Phi) is 3.54. The third-order valence-corrected chi connectivity index (χ3v) is 5.27. The predicted molar refractivity (Wildman–Crippen MR) is 71.4 cm³/mol. The van der Waals surface area contributed by atoms with E-state index in [0.717, 1.165) is 24.8 Å². The first-order valence-corrected chi connectivity index (χ1v) is 7.71. The van der Waals surface area contributed by atoms with Crippen molar-refractivity contribution < 1.29 is 18.3 Å². The number of unbranched alkanes of at least 4 members (excludes halogenated alkanes) is 1. The summed E-state index contributed by atoms with van der Waals surface area (Å²) in [6.07, 6.45) is 2.66. The van der Waals surface area contributed by atoms with E-state index in [4.69, 9.17) is 5.11 Å². The molecule has 0 aliphatic carbocycles. The lowest BCUT2D eigenvalue weighted by atomic mass is 10.1. The summed E-state index contributed by atoms with van der Waals surface area (Å²) in [5, 5.41) is 8.80. The summed E-state index contributed by atoms with van der Waals surface area (Å²) in [5.74, 6) is -0.981. The van der Waals surface area contributed by atoms with Crippen LogP contribution >= 0.6 is 0 Å². The average molecular weight is 283 g/mol. The number of aryl methyl sites for hydroxylation is 1. The largest absolute Gasteiger partial charge is 0.480 e. The molecule has 0 unspecified atom stereocenters. The maximum absolute atomic E-state index is 12.1. The number of nitrogens with zero attached hydrogens (tertiary/aromatic N) is 1. The van der Waals surface area contributed by atoms with Gasteiger partial charge in [-0.25, -0.2) is 8.42 Å². The third-order valence-electron chi connectivity index (χ3n) is 3.32. The van der Waals surface area contributed by atoms with Crippen LogP contribution in [0.15, 0.2) is 21.9 Å². The quantitative estimate of drug-likeness (QED) is 0.873. The van der Waals surface area contributed by atoms with Gasteiger partial charge in [-0.15, -0.1) is 0 Å². The molecule has 2 aliphatic heterocycles. The minimum Gasteiger partial charge on any atom is -0.480 e. The van der Waals surface area contributed by atoms with E-state index in [9.17, 15) is 13.2 Å². The first-order valence-electron chi connectivity index (χ1n) is 6.23. The highest BCUT2D eigenvalue weighted by Gasteiger charge is 2.39. The minimum atomic E-state index is -3.34. The number of hydrogen-bond acceptors (Lipinski definition) is 4. The molecule has 2 heterocycles. The molecule has 0 spiro atoms. The number of carboxylic acid groups (broad SMARTS) is 1. The van der Waals surface area contributed by atoms with E-state index in [0.29, 0.717) is 15.5 Å². The van der Waals surface area contributed by atoms with Gasteiger partial charge in [-0.3, -0.25) is 4.79 Å². The lowest BCUT2D eigenvalue weighted by Gasteiger charge is -2.30. The van der Waals surface area contributed by atoms with E-state index in [2.05, 4.69) is 6.92 Å². The Balaban J connectivity index is 2.40. The van der Waals surface area contributed by atoms with Gasteiger partial charge in [-0.1, -0.05) is 13.3 Å². The molecular weight excluding hydrogens is 266 g/mol. The molecule has 1 aromatic rings. The molecule has 1 N–H and O–H groups in total. The summed E-state index contributed by atoms with van der Waals surface area (Å²) in [6, 6.07) is 3.27. The topological polar surface area (TPSA) is 74.7 Å². The Morgan fingerprint density at radius 1 is 1.37 bits per heavy atom. The van der Waals surface area contributed by atoms with Gasteiger partial charge in [-0.2, -0.15) is 0 Å². The number of likely N-dealkylation sites (N-methyl/N-ethyl adjacent to an activating group) is 1. The highest BCUT2D eigenvalue weighted by molar-refractivity contribution is 7.93. The van der Waals surface area contributed by atoms with Gasteiger partial charge in [0.1, 0.15) is 6.54 Å². The van der Waals surface area contributed by atoms with Crippen LogP contribution in [0, 0.1) is 0 Å². The average Bonchev–Trinajstić information content (AvgIpc) is 2.34. The van der Waals surface area contributed by atoms with Gasteiger partial charge in [0.2, 0.25) is 9.84 Å². The van der Waals surface area contributed by atoms with Gasteiger partial charge in [0.05, 0.1) is 15.5 Å². The van der Waals surface area contributed by atoms with Crippen LogP contribution in [0.1, 0.15) is 25.3 Å². The van der Waals surface area contributed by atoms with Crippen molar-refractivity contribution in [2.45, 2.75) is 36.0 Å². The first kappa shape index (κ1) is 13.9. The zero-order valence-corrected chi connectivity index (χ0v) is 11.8. The zero-order chi connectivity index (χ0) is 14.2. The zero-order valence-electron chi connectivity index (χ0n) is 11.0. The van der Waals surface area contributed by atoms with Crippen molar-refractivity contribution in [3.05, 3.63) is 17.7 Å². The first-order chi connectivity index (χ1) is 8.89. The van der Waals surface area contributed by atoms with Gasteiger partial charge in [-0.05, 0) is 30.5 Å². The Labute approximate surface area is 112 Å². The van der Waals surface area contributed by atoms with Crippen LogP contribution in [0.25, 0.3) is 0 Å². The molecule has 0 atom stereocenters. The minimum absolute atomic E-state index is 0.213. The van der Waals surface area contributed by atoms with E-state index >= 15 is 0 Å². The maximum Gasteiger partial charge on any atom is 0.323 e. The summed E-state index contributed by atoms with van der Waals surface area (Å²) < 4.78 is 24.1. The van der Waals surface area contributed by atoms with Crippen molar-refractivity contribution in [2.75, 3.05) is 18.5 Å². The summed E-state index contributed by atoms with van der Waals surface area (Å²) in [5.41, 5.74) is 1.35. The fraction of sp³-hybridized carbons (Fsp3) is 0.462. The molecule has 5 nitrogen and oxygen atoms in total. The van der Waals surface area contributed by atoms with E-state index in [1.54, 1.807) is 19.2 Å². The van der Waals surface area contributed by atoms with Gasteiger partial charge < -0.3 is 10.0 Å². The molecule has 104 valence electrons. The number of benzene rings is 1. The second-order valence-electron chi connectivity index (χ2n) is 4.75. The number of anilines is 1. The number of hydrogen-bond donors (Lipinski definition) is 1. The second-order valence-corrected chi connectivity index (χ2v) is 6.60. The molecule has 2 aliphatic rings. The molecule has 0 aromatic heterocycles. The van der Waals surface area contributed by atoms with Gasteiger partial charge in [0, 0.05) is 7.05 Å². The Bertz CT molecular complexity index is 622. The normalized spacial score (nSPS) is 14.8. The van der Waals surface area contributed by atoms with Crippen molar-refractivity contribution in [2.24, 2.45) is 0 Å². The molecule has 19 heavy (non-hydrogen) atoms. The molecule has 3 rings (SSSR count). The van der Waals surface area contributed by atoms with Gasteiger partial charge in [0.25, 0.3) is 0 Å². The standard InChI is InChI=1S/C13H17NO4S/c1-3-4-5-9-11-7-6-10(13(9)19(11,17)18)14(2)8-12(15)16/h6-7H,3-5,8H2,1-2H3,(H,15,16). The van der Waals surface area contributed by atoms with Crippen molar-refractivity contribution in [1.82, 2.24) is 0 Å². The summed E-state index contributed by atoms with van der Waals surface area (Å²) >= 11 is 0. The second kappa shape index (κ2) is 4.85. The van der Waals surface area contributed by atoms with Crippen LogP contribution in [0.5, 0.6) is 0 Å². The summed E-state index contributed by atoms with van der Waals surface area (Å²) in [4.78, 5) is 12.9. The molecule has 6 heteroatoms. The maximum atomic E-state index is 12.1. The van der Waals surface area contributed by atoms with E-state index < -0.39 is 15.8 Å². The van der Waals surface area contributed by atoms with Crippen molar-refractivity contribution in [3.8, 4) is 0 Å². The molecule has 0 saturated carbocycles. The number of fused-ring (bicyclic) bond motifs is 2. The number of aliphatic carboxylic acids is 1. The van der Waals surface area contributed by atoms with E-state index in [-0.39, 0.29) is 6.54 Å². The molecule has 2 bridgehead atoms. The summed E-state index contributed by atoms with van der Waals surface area (Å²) in [7, 11) is -1.74. The van der Waals surface area contributed by atoms with Crippen LogP contribution in [-0.4, -0.2) is 33.1 Å². The monoisotopic (exact) mass is 283 g/mol. The smallest absolute Gasteiger partial charge is 0.323 e. The molecule has 0 saturated heterocycles. The molecule has 0 radical (unpaired) electrons. The molecule has 0 amide bonds. The number of carbonyl (C=O) groups is 1. The highest BCUT2D eigenvalue weighted by Crippen LogP contribution is 2.45. The molecular formula is C13H17NO4S. The Hall–Kier alpha value is -1.56. The van der Waals surface area contributed by atoms with Crippen LogP contribution < -0.4 is 4.90 Å². The van der Waals surface area contributed by atoms with Crippen LogP contribution in [-0.2, 0) is 21.1 Å². The SMILES string of the molecule is CCCCc1c2ccc(N(C)CC(=O)O)c1S2(=O)=O. The van der Waals surface area contributed by atoms with E-state index in [1.165, 1.54) is 4.90 Å². The fourth-order valence-corrected chi connectivity index (χ4v) is 4.27. The molecule has 1 aromatic carbocycles. The van der Waals surface area contributed by atoms with Crippen LogP contribution in [0.3, 0.4) is 0 Å². The van der Waals surface area contributed by atoms with Crippen LogP contribution in [0.4, 0.5) is 5.69 Å².